The Labute approximate surface area is 135 Å². The summed E-state index contributed by atoms with van der Waals surface area (Å²) in [6.07, 6.45) is 3.00. The van der Waals surface area contributed by atoms with Crippen LogP contribution in [0.15, 0.2) is 54.7 Å². The molecule has 3 aromatic rings. The smallest absolute Gasteiger partial charge is 0.128 e. The van der Waals surface area contributed by atoms with Crippen LogP contribution >= 0.6 is 0 Å². The number of rotatable bonds is 6. The van der Waals surface area contributed by atoms with Crippen molar-refractivity contribution < 1.29 is 9.13 Å². The second kappa shape index (κ2) is 6.84. The van der Waals surface area contributed by atoms with Gasteiger partial charge in [0.25, 0.3) is 0 Å². The number of benzene rings is 2. The number of methoxy groups -OCH3 is 1. The van der Waals surface area contributed by atoms with E-state index < -0.39 is 0 Å². The molecule has 23 heavy (non-hydrogen) atoms. The summed E-state index contributed by atoms with van der Waals surface area (Å²) in [7, 11) is 3.63. The van der Waals surface area contributed by atoms with Crippen molar-refractivity contribution in [1.29, 1.82) is 0 Å². The number of hydrogen-bond acceptors (Lipinski definition) is 2. The zero-order chi connectivity index (χ0) is 16.2. The van der Waals surface area contributed by atoms with Crippen LogP contribution in [-0.4, -0.2) is 25.3 Å². The van der Waals surface area contributed by atoms with Crippen LogP contribution in [0.1, 0.15) is 18.0 Å². The number of nitrogens with zero attached hydrogens (tertiary/aromatic N) is 1. The van der Waals surface area contributed by atoms with Crippen molar-refractivity contribution in [1.82, 2.24) is 9.88 Å². The van der Waals surface area contributed by atoms with Gasteiger partial charge >= 0.3 is 0 Å². The molecule has 3 nitrogen and oxygen atoms in total. The number of hydrogen-bond donors (Lipinski definition) is 1. The van der Waals surface area contributed by atoms with Gasteiger partial charge in [0, 0.05) is 11.6 Å². The molecular formula is C19H21FN2O. The molecule has 0 aliphatic heterocycles. The summed E-state index contributed by atoms with van der Waals surface area (Å²) in [4.78, 5) is 0. The van der Waals surface area contributed by atoms with E-state index in [1.807, 2.05) is 31.3 Å². The second-order valence-corrected chi connectivity index (χ2v) is 5.58. The van der Waals surface area contributed by atoms with Crippen molar-refractivity contribution in [2.45, 2.75) is 12.5 Å². The van der Waals surface area contributed by atoms with Crippen molar-refractivity contribution >= 4 is 10.9 Å². The van der Waals surface area contributed by atoms with E-state index in [4.69, 9.17) is 4.74 Å². The van der Waals surface area contributed by atoms with Gasteiger partial charge in [-0.25, -0.2) is 4.39 Å². The standard InChI is InChI=1S/C19H21FN2O/c1-21-12-10-17(14-6-8-15(20)9-7-14)22-13-11-16-18(22)4-3-5-19(16)23-2/h3-9,11,13,17,21H,10,12H2,1-2H3. The zero-order valence-corrected chi connectivity index (χ0v) is 13.4. The Balaban J connectivity index is 2.08. The Hall–Kier alpha value is -2.33. The number of nitrogens with one attached hydrogen (secondary N) is 1. The predicted octanol–water partition coefficient (Wildman–Crippen LogP) is 3.99. The van der Waals surface area contributed by atoms with E-state index in [9.17, 15) is 4.39 Å². The highest BCUT2D eigenvalue weighted by Crippen LogP contribution is 2.32. The van der Waals surface area contributed by atoms with Gasteiger partial charge in [-0.15, -0.1) is 0 Å². The molecule has 120 valence electrons. The van der Waals surface area contributed by atoms with Crippen molar-refractivity contribution in [2.24, 2.45) is 0 Å². The molecule has 4 heteroatoms. The normalized spacial score (nSPS) is 12.5. The maximum absolute atomic E-state index is 13.3. The molecule has 2 aromatic carbocycles. The Morgan fingerprint density at radius 2 is 1.91 bits per heavy atom. The fraction of sp³-hybridized carbons (Fsp3) is 0.263. The summed E-state index contributed by atoms with van der Waals surface area (Å²) in [5.41, 5.74) is 2.22. The van der Waals surface area contributed by atoms with Crippen molar-refractivity contribution in [3.8, 4) is 5.75 Å². The van der Waals surface area contributed by atoms with Crippen LogP contribution in [0.2, 0.25) is 0 Å². The molecular weight excluding hydrogens is 291 g/mol. The molecule has 1 unspecified atom stereocenters. The van der Waals surface area contributed by atoms with Crippen LogP contribution in [0.5, 0.6) is 5.75 Å². The third kappa shape index (κ3) is 3.08. The summed E-state index contributed by atoms with van der Waals surface area (Å²) < 4.78 is 20.9. The minimum Gasteiger partial charge on any atom is -0.496 e. The highest BCUT2D eigenvalue weighted by atomic mass is 19.1. The highest BCUT2D eigenvalue weighted by molar-refractivity contribution is 5.86. The van der Waals surface area contributed by atoms with Gasteiger partial charge in [0.05, 0.1) is 18.7 Å². The van der Waals surface area contributed by atoms with Crippen LogP contribution in [0, 0.1) is 5.82 Å². The first kappa shape index (κ1) is 15.6. The first-order valence-corrected chi connectivity index (χ1v) is 7.78. The number of aromatic nitrogens is 1. The van der Waals surface area contributed by atoms with Crippen LogP contribution in [0.25, 0.3) is 10.9 Å². The van der Waals surface area contributed by atoms with Gasteiger partial charge in [-0.2, -0.15) is 0 Å². The largest absolute Gasteiger partial charge is 0.496 e. The average molecular weight is 312 g/mol. The van der Waals surface area contributed by atoms with Gasteiger partial charge < -0.3 is 14.6 Å². The molecule has 0 bridgehead atoms. The predicted molar refractivity (Wildman–Crippen MR) is 91.6 cm³/mol. The average Bonchev–Trinajstić information content (AvgIpc) is 3.01. The van der Waals surface area contributed by atoms with Crippen molar-refractivity contribution in [3.63, 3.8) is 0 Å². The van der Waals surface area contributed by atoms with Crippen LogP contribution in [-0.2, 0) is 0 Å². The highest BCUT2D eigenvalue weighted by Gasteiger charge is 2.16. The summed E-state index contributed by atoms with van der Waals surface area (Å²) in [5.74, 6) is 0.660. The molecule has 0 fully saturated rings. The van der Waals surface area contributed by atoms with E-state index in [1.165, 1.54) is 12.1 Å². The van der Waals surface area contributed by atoms with Gasteiger partial charge in [-0.05, 0) is 55.9 Å². The monoisotopic (exact) mass is 312 g/mol. The molecule has 1 aromatic heterocycles. The van der Waals surface area contributed by atoms with E-state index in [0.29, 0.717) is 0 Å². The molecule has 3 rings (SSSR count). The lowest BCUT2D eigenvalue weighted by Gasteiger charge is -2.21. The van der Waals surface area contributed by atoms with Crippen LogP contribution in [0.4, 0.5) is 4.39 Å². The summed E-state index contributed by atoms with van der Waals surface area (Å²) in [5, 5.41) is 4.29. The molecule has 0 aliphatic rings. The molecule has 0 aliphatic carbocycles. The van der Waals surface area contributed by atoms with E-state index >= 15 is 0 Å². The van der Waals surface area contributed by atoms with Crippen molar-refractivity contribution in [2.75, 3.05) is 20.7 Å². The zero-order valence-electron chi connectivity index (χ0n) is 13.4. The molecule has 1 N–H and O–H groups in total. The van der Waals surface area contributed by atoms with E-state index in [1.54, 1.807) is 7.11 Å². The molecule has 1 heterocycles. The molecule has 0 saturated carbocycles. The Kier molecular flexibility index (Phi) is 4.63. The third-order valence-corrected chi connectivity index (χ3v) is 4.20. The first-order valence-electron chi connectivity index (χ1n) is 7.78. The lowest BCUT2D eigenvalue weighted by molar-refractivity contribution is 0.420. The molecule has 0 radical (unpaired) electrons. The van der Waals surface area contributed by atoms with Gasteiger partial charge in [-0.1, -0.05) is 18.2 Å². The van der Waals surface area contributed by atoms with E-state index in [-0.39, 0.29) is 11.9 Å². The van der Waals surface area contributed by atoms with Gasteiger partial charge in [0.2, 0.25) is 0 Å². The number of fused-ring (bicyclic) bond motifs is 1. The summed E-state index contributed by atoms with van der Waals surface area (Å²) in [6.45, 7) is 0.881. The number of halogens is 1. The summed E-state index contributed by atoms with van der Waals surface area (Å²) in [6, 6.07) is 15.0. The molecule has 0 spiro atoms. The van der Waals surface area contributed by atoms with Crippen LogP contribution in [0.3, 0.4) is 0 Å². The fourth-order valence-electron chi connectivity index (χ4n) is 3.04. The van der Waals surface area contributed by atoms with Gasteiger partial charge in [0.1, 0.15) is 11.6 Å². The minimum absolute atomic E-state index is 0.146. The molecule has 1 atom stereocenters. The third-order valence-electron chi connectivity index (χ3n) is 4.20. The van der Waals surface area contributed by atoms with E-state index in [2.05, 4.69) is 28.2 Å². The van der Waals surface area contributed by atoms with E-state index in [0.717, 1.165) is 35.2 Å². The second-order valence-electron chi connectivity index (χ2n) is 5.58. The van der Waals surface area contributed by atoms with Crippen LogP contribution < -0.4 is 10.1 Å². The Morgan fingerprint density at radius 1 is 1.13 bits per heavy atom. The number of ether oxygens (including phenoxy) is 1. The quantitative estimate of drug-likeness (QED) is 0.745. The topological polar surface area (TPSA) is 26.2 Å². The first-order chi connectivity index (χ1) is 11.2. The molecule has 0 amide bonds. The van der Waals surface area contributed by atoms with Gasteiger partial charge in [0.15, 0.2) is 0 Å². The lowest BCUT2D eigenvalue weighted by Crippen LogP contribution is -2.17. The fourth-order valence-corrected chi connectivity index (χ4v) is 3.04. The Morgan fingerprint density at radius 3 is 2.61 bits per heavy atom. The Bertz CT molecular complexity index is 780. The maximum atomic E-state index is 13.3. The van der Waals surface area contributed by atoms with Crippen molar-refractivity contribution in [3.05, 3.63) is 66.1 Å². The molecule has 0 saturated heterocycles. The van der Waals surface area contributed by atoms with Gasteiger partial charge in [-0.3, -0.25) is 0 Å². The maximum Gasteiger partial charge on any atom is 0.128 e. The minimum atomic E-state index is -0.208. The SMILES string of the molecule is CNCCC(c1ccc(F)cc1)n1ccc2c(OC)cccc21. The lowest BCUT2D eigenvalue weighted by atomic mass is 10.0. The summed E-state index contributed by atoms with van der Waals surface area (Å²) >= 11 is 0.